The van der Waals surface area contributed by atoms with Crippen LogP contribution in [0.1, 0.15) is 12.8 Å². The first kappa shape index (κ1) is 15.7. The molecule has 0 spiro atoms. The molecule has 0 unspecified atom stereocenters. The summed E-state index contributed by atoms with van der Waals surface area (Å²) < 4.78 is 27.6. The molecule has 2 bridgehead atoms. The number of nitro groups is 1. The molecule has 0 radical (unpaired) electrons. The predicted octanol–water partition coefficient (Wildman–Crippen LogP) is 1.62. The van der Waals surface area contributed by atoms with E-state index in [-0.39, 0.29) is 16.0 Å². The van der Waals surface area contributed by atoms with Crippen molar-refractivity contribution in [3.63, 3.8) is 0 Å². The topological polar surface area (TPSA) is 92.5 Å². The van der Waals surface area contributed by atoms with Gasteiger partial charge in [0.25, 0.3) is 5.69 Å². The Labute approximate surface area is 133 Å². The summed E-state index contributed by atoms with van der Waals surface area (Å²) in [6.45, 7) is 2.71. The summed E-state index contributed by atoms with van der Waals surface area (Å²) in [6, 6.07) is 3.40. The zero-order valence-electron chi connectivity index (χ0n) is 11.7. The number of hydrogen-bond acceptors (Lipinski definition) is 5. The fraction of sp³-hybridized carbons (Fsp3) is 0.538. The Morgan fingerprint density at radius 3 is 2.55 bits per heavy atom. The highest BCUT2D eigenvalue weighted by Gasteiger charge is 2.36. The molecule has 0 aliphatic carbocycles. The van der Waals surface area contributed by atoms with E-state index in [1.807, 2.05) is 0 Å². The Morgan fingerprint density at radius 1 is 1.32 bits per heavy atom. The molecular weight excluding hydrogens is 330 g/mol. The van der Waals surface area contributed by atoms with Crippen molar-refractivity contribution in [2.45, 2.75) is 23.8 Å². The van der Waals surface area contributed by atoms with Gasteiger partial charge in [0.15, 0.2) is 0 Å². The van der Waals surface area contributed by atoms with Crippen molar-refractivity contribution in [3.05, 3.63) is 33.3 Å². The van der Waals surface area contributed by atoms with E-state index >= 15 is 0 Å². The normalized spacial score (nSPS) is 27.8. The average molecular weight is 346 g/mol. The minimum absolute atomic E-state index is 0.0771. The first-order valence-corrected chi connectivity index (χ1v) is 8.91. The second kappa shape index (κ2) is 5.77. The summed E-state index contributed by atoms with van der Waals surface area (Å²) in [4.78, 5) is 12.3. The number of benzene rings is 1. The Kier molecular flexibility index (Phi) is 4.11. The second-order valence-corrected chi connectivity index (χ2v) is 7.86. The third kappa shape index (κ3) is 2.96. The van der Waals surface area contributed by atoms with Crippen molar-refractivity contribution in [1.82, 2.24) is 9.62 Å². The summed E-state index contributed by atoms with van der Waals surface area (Å²) in [7, 11) is -3.79. The Morgan fingerprint density at radius 2 is 2.00 bits per heavy atom. The molecule has 3 fully saturated rings. The summed E-state index contributed by atoms with van der Waals surface area (Å²) in [5.41, 5.74) is -0.404. The van der Waals surface area contributed by atoms with Gasteiger partial charge in [-0.1, -0.05) is 11.6 Å². The standard InChI is InChI=1S/C13H16ClN3O4S/c14-11-2-1-10(7-13(11)17(18)19)22(20,21)15-12-8-16-5-3-9(12)4-6-16/h1-2,7,9,12,15H,3-6,8H2/t12-/m1/s1. The molecular formula is C13H16ClN3O4S. The lowest BCUT2D eigenvalue weighted by atomic mass is 9.85. The van der Waals surface area contributed by atoms with Crippen molar-refractivity contribution in [1.29, 1.82) is 0 Å². The van der Waals surface area contributed by atoms with E-state index in [0.29, 0.717) is 12.5 Å². The van der Waals surface area contributed by atoms with Crippen LogP contribution in [0.5, 0.6) is 0 Å². The highest BCUT2D eigenvalue weighted by Crippen LogP contribution is 2.30. The number of rotatable bonds is 4. The van der Waals surface area contributed by atoms with E-state index < -0.39 is 20.6 Å². The molecule has 3 saturated heterocycles. The third-order valence-electron chi connectivity index (χ3n) is 4.39. The largest absolute Gasteiger partial charge is 0.302 e. The predicted molar refractivity (Wildman–Crippen MR) is 81.4 cm³/mol. The molecule has 3 aliphatic rings. The number of fused-ring (bicyclic) bond motifs is 3. The summed E-state index contributed by atoms with van der Waals surface area (Å²) in [6.07, 6.45) is 1.96. The molecule has 4 rings (SSSR count). The van der Waals surface area contributed by atoms with E-state index in [0.717, 1.165) is 32.0 Å². The number of hydrogen-bond donors (Lipinski definition) is 1. The molecule has 1 aromatic carbocycles. The number of piperidine rings is 3. The number of halogens is 1. The second-order valence-electron chi connectivity index (χ2n) is 5.74. The molecule has 0 aromatic heterocycles. The first-order valence-electron chi connectivity index (χ1n) is 7.05. The molecule has 22 heavy (non-hydrogen) atoms. The van der Waals surface area contributed by atoms with Crippen molar-refractivity contribution < 1.29 is 13.3 Å². The zero-order chi connectivity index (χ0) is 15.9. The zero-order valence-corrected chi connectivity index (χ0v) is 13.3. The van der Waals surface area contributed by atoms with Gasteiger partial charge in [-0.2, -0.15) is 0 Å². The fourth-order valence-corrected chi connectivity index (χ4v) is 4.67. The molecule has 7 nitrogen and oxygen atoms in total. The molecule has 0 saturated carbocycles. The maximum Gasteiger partial charge on any atom is 0.289 e. The van der Waals surface area contributed by atoms with Crippen LogP contribution in [0.15, 0.2) is 23.1 Å². The Bertz CT molecular complexity index is 701. The molecule has 1 atom stereocenters. The van der Waals surface area contributed by atoms with Crippen molar-refractivity contribution in [3.8, 4) is 0 Å². The highest BCUT2D eigenvalue weighted by atomic mass is 35.5. The molecule has 3 heterocycles. The molecule has 0 amide bonds. The number of nitrogens with one attached hydrogen (secondary N) is 1. The van der Waals surface area contributed by atoms with E-state index in [4.69, 9.17) is 11.6 Å². The van der Waals surface area contributed by atoms with Crippen LogP contribution in [0.2, 0.25) is 5.02 Å². The fourth-order valence-electron chi connectivity index (χ4n) is 3.17. The van der Waals surface area contributed by atoms with Gasteiger partial charge >= 0.3 is 0 Å². The molecule has 120 valence electrons. The summed E-state index contributed by atoms with van der Waals surface area (Å²) in [5.74, 6) is 0.335. The molecule has 9 heteroatoms. The van der Waals surface area contributed by atoms with Crippen LogP contribution in [0, 0.1) is 16.0 Å². The smallest absolute Gasteiger partial charge is 0.289 e. The van der Waals surface area contributed by atoms with E-state index in [2.05, 4.69) is 9.62 Å². The van der Waals surface area contributed by atoms with Crippen LogP contribution < -0.4 is 4.72 Å². The summed E-state index contributed by atoms with van der Waals surface area (Å²) in [5, 5.41) is 10.8. The van der Waals surface area contributed by atoms with Crippen molar-refractivity contribution >= 4 is 27.3 Å². The van der Waals surface area contributed by atoms with Gasteiger partial charge in [0.2, 0.25) is 10.0 Å². The minimum Gasteiger partial charge on any atom is -0.302 e. The average Bonchev–Trinajstić information content (AvgIpc) is 2.48. The lowest BCUT2D eigenvalue weighted by molar-refractivity contribution is -0.384. The lowest BCUT2D eigenvalue weighted by Crippen LogP contribution is -2.57. The minimum atomic E-state index is -3.79. The van der Waals surface area contributed by atoms with Gasteiger partial charge in [0.1, 0.15) is 5.02 Å². The van der Waals surface area contributed by atoms with Gasteiger partial charge in [-0.3, -0.25) is 10.1 Å². The van der Waals surface area contributed by atoms with E-state index in [9.17, 15) is 18.5 Å². The summed E-state index contributed by atoms with van der Waals surface area (Å²) >= 11 is 5.72. The van der Waals surface area contributed by atoms with Crippen LogP contribution in [0.25, 0.3) is 0 Å². The number of nitrogens with zero attached hydrogens (tertiary/aromatic N) is 2. The number of sulfonamides is 1. The van der Waals surface area contributed by atoms with Gasteiger partial charge < -0.3 is 4.90 Å². The molecule has 1 aromatic rings. The molecule has 1 N–H and O–H groups in total. The highest BCUT2D eigenvalue weighted by molar-refractivity contribution is 7.89. The van der Waals surface area contributed by atoms with Gasteiger partial charge in [-0.15, -0.1) is 0 Å². The van der Waals surface area contributed by atoms with Crippen LogP contribution >= 0.6 is 11.6 Å². The first-order chi connectivity index (χ1) is 10.4. The van der Waals surface area contributed by atoms with Crippen LogP contribution in [0.3, 0.4) is 0 Å². The Hall–Kier alpha value is -1.22. The molecule has 3 aliphatic heterocycles. The maximum absolute atomic E-state index is 12.5. The maximum atomic E-state index is 12.5. The van der Waals surface area contributed by atoms with Gasteiger partial charge in [-0.05, 0) is 44.0 Å². The third-order valence-corrected chi connectivity index (χ3v) is 6.19. The lowest BCUT2D eigenvalue weighted by Gasteiger charge is -2.44. The van der Waals surface area contributed by atoms with Crippen LogP contribution in [0.4, 0.5) is 5.69 Å². The number of nitro benzene ring substituents is 1. The Balaban J connectivity index is 1.84. The monoisotopic (exact) mass is 345 g/mol. The SMILES string of the molecule is O=[N+]([O-])c1cc(S(=O)(=O)N[C@@H]2CN3CCC2CC3)ccc1Cl. The van der Waals surface area contributed by atoms with Gasteiger partial charge in [-0.25, -0.2) is 13.1 Å². The van der Waals surface area contributed by atoms with Gasteiger partial charge in [0, 0.05) is 18.7 Å². The van der Waals surface area contributed by atoms with Crippen LogP contribution in [-0.4, -0.2) is 43.9 Å². The van der Waals surface area contributed by atoms with Crippen LogP contribution in [-0.2, 0) is 10.0 Å². The van der Waals surface area contributed by atoms with Crippen molar-refractivity contribution in [2.24, 2.45) is 5.92 Å². The van der Waals surface area contributed by atoms with Crippen molar-refractivity contribution in [2.75, 3.05) is 19.6 Å². The van der Waals surface area contributed by atoms with E-state index in [1.54, 1.807) is 0 Å². The van der Waals surface area contributed by atoms with E-state index in [1.165, 1.54) is 12.1 Å². The quantitative estimate of drug-likeness (QED) is 0.661. The van der Waals surface area contributed by atoms with Gasteiger partial charge in [0.05, 0.1) is 9.82 Å².